The van der Waals surface area contributed by atoms with Crippen LogP contribution in [-0.2, 0) is 0 Å². The van der Waals surface area contributed by atoms with Crippen molar-refractivity contribution in [2.45, 2.75) is 39.0 Å². The van der Waals surface area contributed by atoms with Gasteiger partial charge in [-0.3, -0.25) is 5.43 Å². The molecule has 1 saturated heterocycles. The Bertz CT molecular complexity index is 392. The van der Waals surface area contributed by atoms with Crippen LogP contribution < -0.4 is 20.9 Å². The summed E-state index contributed by atoms with van der Waals surface area (Å²) in [7, 11) is 0. The fraction of sp³-hybridized carbons (Fsp3) is 0.750. The van der Waals surface area contributed by atoms with Crippen LogP contribution in [0.15, 0.2) is 0 Å². The van der Waals surface area contributed by atoms with Crippen LogP contribution in [0.4, 0.5) is 11.9 Å². The van der Waals surface area contributed by atoms with E-state index in [1.807, 2.05) is 6.92 Å². The van der Waals surface area contributed by atoms with Gasteiger partial charge in [0.1, 0.15) is 0 Å². The van der Waals surface area contributed by atoms with Crippen LogP contribution in [0.1, 0.15) is 39.0 Å². The number of hydrogen-bond acceptors (Lipinski definition) is 7. The quantitative estimate of drug-likeness (QED) is 0.613. The highest BCUT2D eigenvalue weighted by molar-refractivity contribution is 5.37. The number of rotatable bonds is 5. The van der Waals surface area contributed by atoms with Crippen molar-refractivity contribution in [2.75, 3.05) is 30.0 Å². The number of nitrogen functional groups attached to an aromatic ring is 1. The zero-order chi connectivity index (χ0) is 13.5. The third-order valence-electron chi connectivity index (χ3n) is 3.06. The summed E-state index contributed by atoms with van der Waals surface area (Å²) in [5.41, 5.74) is 2.47. The van der Waals surface area contributed by atoms with Gasteiger partial charge in [-0.1, -0.05) is 19.8 Å². The molecular weight excluding hydrogens is 244 g/mol. The number of nitrogens with one attached hydrogen (secondary N) is 1. The van der Waals surface area contributed by atoms with Crippen LogP contribution in [0.5, 0.6) is 6.01 Å². The van der Waals surface area contributed by atoms with Crippen LogP contribution in [0, 0.1) is 0 Å². The molecule has 0 bridgehead atoms. The summed E-state index contributed by atoms with van der Waals surface area (Å²) in [5, 5.41) is 0. The summed E-state index contributed by atoms with van der Waals surface area (Å²) < 4.78 is 5.48. The second-order valence-corrected chi connectivity index (χ2v) is 4.64. The predicted molar refractivity (Wildman–Crippen MR) is 74.1 cm³/mol. The fourth-order valence-corrected chi connectivity index (χ4v) is 2.08. The second-order valence-electron chi connectivity index (χ2n) is 4.64. The summed E-state index contributed by atoms with van der Waals surface area (Å²) in [5.74, 6) is 6.40. The predicted octanol–water partition coefficient (Wildman–Crippen LogP) is 1.33. The van der Waals surface area contributed by atoms with Crippen molar-refractivity contribution in [1.82, 2.24) is 15.0 Å². The molecule has 0 atom stereocenters. The van der Waals surface area contributed by atoms with E-state index in [1.165, 1.54) is 25.7 Å². The highest BCUT2D eigenvalue weighted by Crippen LogP contribution is 2.18. The minimum atomic E-state index is 0.337. The van der Waals surface area contributed by atoms with Gasteiger partial charge >= 0.3 is 6.01 Å². The van der Waals surface area contributed by atoms with Crippen LogP contribution in [0.2, 0.25) is 0 Å². The Hall–Kier alpha value is -1.63. The van der Waals surface area contributed by atoms with E-state index in [-0.39, 0.29) is 0 Å². The van der Waals surface area contributed by atoms with Crippen LogP contribution >= 0.6 is 0 Å². The first-order valence-electron chi connectivity index (χ1n) is 6.94. The van der Waals surface area contributed by atoms with Crippen molar-refractivity contribution in [2.24, 2.45) is 5.84 Å². The van der Waals surface area contributed by atoms with Crippen molar-refractivity contribution in [3.63, 3.8) is 0 Å². The highest BCUT2D eigenvalue weighted by Gasteiger charge is 2.15. The van der Waals surface area contributed by atoms with E-state index >= 15 is 0 Å². The van der Waals surface area contributed by atoms with Crippen LogP contribution in [-0.4, -0.2) is 34.6 Å². The number of aromatic nitrogens is 3. The lowest BCUT2D eigenvalue weighted by Gasteiger charge is -2.20. The molecule has 0 spiro atoms. The van der Waals surface area contributed by atoms with Gasteiger partial charge in [-0.15, -0.1) is 0 Å². The Balaban J connectivity index is 2.17. The molecule has 0 unspecified atom stereocenters. The Labute approximate surface area is 113 Å². The molecule has 7 nitrogen and oxygen atoms in total. The monoisotopic (exact) mass is 266 g/mol. The zero-order valence-electron chi connectivity index (χ0n) is 11.4. The summed E-state index contributed by atoms with van der Waals surface area (Å²) in [4.78, 5) is 15.0. The standard InChI is InChI=1S/C12H22N6O/c1-2-9-19-12-15-10(17-13)14-11(16-12)18-7-5-3-4-6-8-18/h2-9,13H2,1H3,(H,14,15,16,17). The number of hydrazine groups is 1. The maximum Gasteiger partial charge on any atom is 0.323 e. The normalized spacial score (nSPS) is 16.0. The molecule has 0 radical (unpaired) electrons. The van der Waals surface area contributed by atoms with Crippen molar-refractivity contribution in [3.05, 3.63) is 0 Å². The molecule has 1 aliphatic heterocycles. The molecule has 0 aliphatic carbocycles. The molecule has 0 saturated carbocycles. The van der Waals surface area contributed by atoms with E-state index in [0.29, 0.717) is 24.5 Å². The van der Waals surface area contributed by atoms with Crippen molar-refractivity contribution >= 4 is 11.9 Å². The average Bonchev–Trinajstić information content (AvgIpc) is 2.73. The van der Waals surface area contributed by atoms with Crippen molar-refractivity contribution in [1.29, 1.82) is 0 Å². The Kier molecular flexibility index (Phi) is 5.14. The lowest BCUT2D eigenvalue weighted by molar-refractivity contribution is 0.292. The van der Waals surface area contributed by atoms with Gasteiger partial charge in [-0.2, -0.15) is 15.0 Å². The fourth-order valence-electron chi connectivity index (χ4n) is 2.08. The van der Waals surface area contributed by atoms with Gasteiger partial charge < -0.3 is 9.64 Å². The van der Waals surface area contributed by atoms with Gasteiger partial charge in [-0.25, -0.2) is 5.84 Å². The molecule has 1 fully saturated rings. The molecule has 7 heteroatoms. The Morgan fingerprint density at radius 1 is 1.16 bits per heavy atom. The minimum Gasteiger partial charge on any atom is -0.463 e. The Morgan fingerprint density at radius 2 is 1.89 bits per heavy atom. The van der Waals surface area contributed by atoms with E-state index in [4.69, 9.17) is 10.6 Å². The summed E-state index contributed by atoms with van der Waals surface area (Å²) >= 11 is 0. The molecule has 1 aliphatic rings. The molecule has 2 heterocycles. The number of nitrogens with two attached hydrogens (primary N) is 1. The smallest absolute Gasteiger partial charge is 0.323 e. The molecule has 2 rings (SSSR count). The number of anilines is 2. The van der Waals surface area contributed by atoms with E-state index in [9.17, 15) is 0 Å². The molecule has 1 aromatic heterocycles. The van der Waals surface area contributed by atoms with E-state index in [0.717, 1.165) is 19.5 Å². The molecular formula is C12H22N6O. The van der Waals surface area contributed by atoms with E-state index < -0.39 is 0 Å². The van der Waals surface area contributed by atoms with Gasteiger partial charge in [0, 0.05) is 13.1 Å². The molecule has 19 heavy (non-hydrogen) atoms. The molecule has 0 amide bonds. The van der Waals surface area contributed by atoms with Gasteiger partial charge in [0.25, 0.3) is 0 Å². The molecule has 3 N–H and O–H groups in total. The van der Waals surface area contributed by atoms with Crippen LogP contribution in [0.25, 0.3) is 0 Å². The van der Waals surface area contributed by atoms with E-state index in [1.54, 1.807) is 0 Å². The first-order valence-corrected chi connectivity index (χ1v) is 6.94. The van der Waals surface area contributed by atoms with Gasteiger partial charge in [0.05, 0.1) is 6.61 Å². The first kappa shape index (κ1) is 13.8. The molecule has 106 valence electrons. The maximum atomic E-state index is 5.48. The lowest BCUT2D eigenvalue weighted by atomic mass is 10.2. The summed E-state index contributed by atoms with van der Waals surface area (Å²) in [6.07, 6.45) is 5.78. The largest absolute Gasteiger partial charge is 0.463 e. The lowest BCUT2D eigenvalue weighted by Crippen LogP contribution is -2.27. The maximum absolute atomic E-state index is 5.48. The second kappa shape index (κ2) is 7.08. The highest BCUT2D eigenvalue weighted by atomic mass is 16.5. The zero-order valence-corrected chi connectivity index (χ0v) is 11.4. The number of nitrogens with zero attached hydrogens (tertiary/aromatic N) is 4. The third-order valence-corrected chi connectivity index (χ3v) is 3.06. The van der Waals surface area contributed by atoms with E-state index in [2.05, 4.69) is 25.3 Å². The summed E-state index contributed by atoms with van der Waals surface area (Å²) in [6, 6.07) is 0.337. The van der Waals surface area contributed by atoms with Crippen molar-refractivity contribution < 1.29 is 4.74 Å². The SMILES string of the molecule is CCCOc1nc(NN)nc(N2CCCCCC2)n1. The molecule has 0 aromatic carbocycles. The van der Waals surface area contributed by atoms with Crippen molar-refractivity contribution in [3.8, 4) is 6.01 Å². The first-order chi connectivity index (χ1) is 9.33. The third kappa shape index (κ3) is 3.92. The topological polar surface area (TPSA) is 89.2 Å². The Morgan fingerprint density at radius 3 is 2.53 bits per heavy atom. The summed E-state index contributed by atoms with van der Waals surface area (Å²) in [6.45, 7) is 4.58. The van der Waals surface area contributed by atoms with Gasteiger partial charge in [0.15, 0.2) is 0 Å². The van der Waals surface area contributed by atoms with Gasteiger partial charge in [-0.05, 0) is 19.3 Å². The van der Waals surface area contributed by atoms with Gasteiger partial charge in [0.2, 0.25) is 11.9 Å². The average molecular weight is 266 g/mol. The number of hydrogen-bond donors (Lipinski definition) is 2. The molecule has 1 aromatic rings. The number of ether oxygens (including phenoxy) is 1. The minimum absolute atomic E-state index is 0.337. The van der Waals surface area contributed by atoms with Crippen LogP contribution in [0.3, 0.4) is 0 Å².